The van der Waals surface area contributed by atoms with Crippen LogP contribution in [0.5, 0.6) is 0 Å². The van der Waals surface area contributed by atoms with Crippen molar-refractivity contribution in [3.05, 3.63) is 12.3 Å². The Kier molecular flexibility index (Phi) is 2.94. The van der Waals surface area contributed by atoms with Gasteiger partial charge in [0.05, 0.1) is 18.4 Å². The highest BCUT2D eigenvalue weighted by molar-refractivity contribution is 6.01. The van der Waals surface area contributed by atoms with Crippen LogP contribution in [0, 0.1) is 0 Å². The third-order valence-corrected chi connectivity index (χ3v) is 3.18. The molecule has 2 aliphatic rings. The van der Waals surface area contributed by atoms with Crippen molar-refractivity contribution in [2.75, 3.05) is 7.11 Å². The predicted octanol–water partition coefficient (Wildman–Crippen LogP) is 1.96. The summed E-state index contributed by atoms with van der Waals surface area (Å²) in [5.74, 6) is 0. The number of methoxy groups -OCH3 is 1. The van der Waals surface area contributed by atoms with Crippen molar-refractivity contribution in [3.8, 4) is 0 Å². The first kappa shape index (κ1) is 11.1. The molecule has 1 atom stereocenters. The molecule has 1 aliphatic heterocycles. The van der Waals surface area contributed by atoms with Gasteiger partial charge in [-0.25, -0.2) is 9.18 Å². The number of hydrogen-bond donors (Lipinski definition) is 1. The maximum atomic E-state index is 13.7. The Balaban J connectivity index is 2.17. The third-order valence-electron chi connectivity index (χ3n) is 3.18. The molecule has 4 nitrogen and oxygen atoms in total. The Morgan fingerprint density at radius 1 is 1.69 bits per heavy atom. The van der Waals surface area contributed by atoms with Crippen LogP contribution in [0.4, 0.5) is 9.18 Å². The number of alkyl carbamates (subject to hydrolysis) is 1. The van der Waals surface area contributed by atoms with E-state index in [4.69, 9.17) is 0 Å². The van der Waals surface area contributed by atoms with E-state index in [0.29, 0.717) is 12.1 Å². The molecule has 0 aromatic carbocycles. The highest BCUT2D eigenvalue weighted by Gasteiger charge is 2.46. The summed E-state index contributed by atoms with van der Waals surface area (Å²) in [6.07, 6.45) is 4.45. The summed E-state index contributed by atoms with van der Waals surface area (Å²) in [5, 5.41) is 2.71. The molecule has 0 bridgehead atoms. The van der Waals surface area contributed by atoms with Crippen molar-refractivity contribution in [3.63, 3.8) is 0 Å². The fraction of sp³-hybridized carbons (Fsp3) is 0.636. The Labute approximate surface area is 93.6 Å². The largest absolute Gasteiger partial charge is 0.453 e. The lowest BCUT2D eigenvalue weighted by molar-refractivity contribution is 0.148. The van der Waals surface area contributed by atoms with E-state index in [2.05, 4.69) is 15.0 Å². The lowest BCUT2D eigenvalue weighted by atomic mass is 9.71. The van der Waals surface area contributed by atoms with Crippen molar-refractivity contribution in [1.29, 1.82) is 0 Å². The van der Waals surface area contributed by atoms with Gasteiger partial charge in [-0.1, -0.05) is 6.08 Å². The second-order valence-electron chi connectivity index (χ2n) is 4.15. The zero-order valence-corrected chi connectivity index (χ0v) is 9.20. The van der Waals surface area contributed by atoms with Crippen LogP contribution in [0.3, 0.4) is 0 Å². The number of alkyl halides is 1. The third kappa shape index (κ3) is 1.81. The van der Waals surface area contributed by atoms with Crippen LogP contribution in [0.25, 0.3) is 0 Å². The highest BCUT2D eigenvalue weighted by atomic mass is 19.1. The van der Waals surface area contributed by atoms with Crippen LogP contribution in [0.15, 0.2) is 17.3 Å². The number of carbonyl (C=O) groups excluding carboxylic acids is 1. The molecule has 5 heteroatoms. The van der Waals surface area contributed by atoms with Crippen molar-refractivity contribution in [2.45, 2.75) is 37.4 Å². The van der Waals surface area contributed by atoms with E-state index in [0.717, 1.165) is 19.3 Å². The summed E-state index contributed by atoms with van der Waals surface area (Å²) in [6, 6.07) is 0. The molecule has 88 valence electrons. The number of ether oxygens (including phenoxy) is 1. The summed E-state index contributed by atoms with van der Waals surface area (Å²) in [5.41, 5.74) is -0.177. The molecule has 16 heavy (non-hydrogen) atoms. The minimum absolute atomic E-state index is 0.337. The fourth-order valence-electron chi connectivity index (χ4n) is 2.15. The molecular weight excluding hydrogens is 211 g/mol. The van der Waals surface area contributed by atoms with Gasteiger partial charge in [-0.15, -0.1) is 0 Å². The maximum absolute atomic E-state index is 13.7. The number of carbonyl (C=O) groups is 1. The average Bonchev–Trinajstić information content (AvgIpc) is 2.24. The van der Waals surface area contributed by atoms with Crippen LogP contribution in [-0.2, 0) is 4.74 Å². The standard InChI is InChI=1S/C11H15FN2O2/c1-16-10(15)14-11(5-3-6-11)9-8(12)4-2-7-13-9/h2,7-8H,3-6H2,1H3,(H,14,15). The zero-order chi connectivity index (χ0) is 11.6. The SMILES string of the molecule is COC(=O)NC1(C2=NC=CCC2F)CCC1. The van der Waals surface area contributed by atoms with Gasteiger partial charge >= 0.3 is 6.09 Å². The van der Waals surface area contributed by atoms with E-state index < -0.39 is 17.8 Å². The maximum Gasteiger partial charge on any atom is 0.407 e. The van der Waals surface area contributed by atoms with E-state index in [9.17, 15) is 9.18 Å². The molecule has 1 amide bonds. The lowest BCUT2D eigenvalue weighted by Gasteiger charge is -2.44. The molecule has 1 saturated carbocycles. The normalized spacial score (nSPS) is 26.6. The molecule has 2 rings (SSSR count). The van der Waals surface area contributed by atoms with Crippen LogP contribution in [0.1, 0.15) is 25.7 Å². The molecule has 1 heterocycles. The molecule has 0 saturated heterocycles. The quantitative estimate of drug-likeness (QED) is 0.782. The molecule has 0 spiro atoms. The summed E-state index contributed by atoms with van der Waals surface area (Å²) in [6.45, 7) is 0. The minimum Gasteiger partial charge on any atom is -0.453 e. The van der Waals surface area contributed by atoms with Crippen molar-refractivity contribution in [2.24, 2.45) is 4.99 Å². The average molecular weight is 226 g/mol. The molecule has 1 aliphatic carbocycles. The highest BCUT2D eigenvalue weighted by Crippen LogP contribution is 2.36. The van der Waals surface area contributed by atoms with Gasteiger partial charge in [0.2, 0.25) is 0 Å². The minimum atomic E-state index is -1.09. The van der Waals surface area contributed by atoms with Crippen molar-refractivity contribution in [1.82, 2.24) is 5.32 Å². The second-order valence-corrected chi connectivity index (χ2v) is 4.15. The smallest absolute Gasteiger partial charge is 0.407 e. The zero-order valence-electron chi connectivity index (χ0n) is 9.20. The van der Waals surface area contributed by atoms with Crippen molar-refractivity contribution < 1.29 is 13.9 Å². The van der Waals surface area contributed by atoms with Gasteiger partial charge in [0.1, 0.15) is 6.17 Å². The lowest BCUT2D eigenvalue weighted by Crippen LogP contribution is -2.61. The van der Waals surface area contributed by atoms with E-state index in [-0.39, 0.29) is 0 Å². The molecule has 0 aromatic rings. The molecule has 1 fully saturated rings. The molecule has 1 N–H and O–H groups in total. The summed E-state index contributed by atoms with van der Waals surface area (Å²) in [4.78, 5) is 15.3. The van der Waals surface area contributed by atoms with E-state index >= 15 is 0 Å². The first-order valence-electron chi connectivity index (χ1n) is 5.41. The number of hydrogen-bond acceptors (Lipinski definition) is 3. The van der Waals surface area contributed by atoms with Gasteiger partial charge in [-0.3, -0.25) is 4.99 Å². The summed E-state index contributed by atoms with van der Waals surface area (Å²) >= 11 is 0. The van der Waals surface area contributed by atoms with Gasteiger partial charge < -0.3 is 10.1 Å². The second kappa shape index (κ2) is 4.23. The Bertz CT molecular complexity index is 348. The first-order valence-corrected chi connectivity index (χ1v) is 5.41. The Hall–Kier alpha value is -1.39. The molecule has 0 aromatic heterocycles. The number of halogens is 1. The van der Waals surface area contributed by atoms with Crippen LogP contribution in [-0.4, -0.2) is 30.6 Å². The molecule has 1 unspecified atom stereocenters. The van der Waals surface area contributed by atoms with Crippen LogP contribution in [0.2, 0.25) is 0 Å². The van der Waals surface area contributed by atoms with Crippen LogP contribution < -0.4 is 5.32 Å². The number of nitrogens with zero attached hydrogens (tertiary/aromatic N) is 1. The van der Waals surface area contributed by atoms with Gasteiger partial charge in [0, 0.05) is 12.6 Å². The monoisotopic (exact) mass is 226 g/mol. The summed E-state index contributed by atoms with van der Waals surface area (Å²) < 4.78 is 18.3. The summed E-state index contributed by atoms with van der Waals surface area (Å²) in [7, 11) is 1.30. The number of aliphatic imine (C=N–C) groups is 1. The van der Waals surface area contributed by atoms with E-state index in [1.165, 1.54) is 7.11 Å². The van der Waals surface area contributed by atoms with Gasteiger partial charge in [-0.05, 0) is 19.3 Å². The number of nitrogens with one attached hydrogen (secondary N) is 1. The number of allylic oxidation sites excluding steroid dienone is 1. The Morgan fingerprint density at radius 3 is 2.94 bits per heavy atom. The van der Waals surface area contributed by atoms with Gasteiger partial charge in [0.25, 0.3) is 0 Å². The van der Waals surface area contributed by atoms with E-state index in [1.807, 2.05) is 0 Å². The van der Waals surface area contributed by atoms with E-state index in [1.54, 1.807) is 12.3 Å². The van der Waals surface area contributed by atoms with Crippen LogP contribution >= 0.6 is 0 Å². The topological polar surface area (TPSA) is 50.7 Å². The predicted molar refractivity (Wildman–Crippen MR) is 58.2 cm³/mol. The number of amides is 1. The Morgan fingerprint density at radius 2 is 2.44 bits per heavy atom. The number of rotatable bonds is 2. The van der Waals surface area contributed by atoms with Gasteiger partial charge in [-0.2, -0.15) is 0 Å². The fourth-order valence-corrected chi connectivity index (χ4v) is 2.15. The molecular formula is C11H15FN2O2. The van der Waals surface area contributed by atoms with Crippen molar-refractivity contribution >= 4 is 11.8 Å². The molecule has 0 radical (unpaired) electrons. The first-order chi connectivity index (χ1) is 7.68. The van der Waals surface area contributed by atoms with Gasteiger partial charge in [0.15, 0.2) is 0 Å².